The number of hydrogen-bond acceptors (Lipinski definition) is 4. The highest BCUT2D eigenvalue weighted by atomic mass is 16.2. The van der Waals surface area contributed by atoms with E-state index in [0.29, 0.717) is 18.8 Å². The summed E-state index contributed by atoms with van der Waals surface area (Å²) in [5.41, 5.74) is 13.1. The zero-order valence-corrected chi connectivity index (χ0v) is 14.5. The second kappa shape index (κ2) is 7.97. The maximum absolute atomic E-state index is 12.0. The molecule has 0 aliphatic rings. The van der Waals surface area contributed by atoms with Crippen LogP contribution in [0.3, 0.4) is 0 Å². The Morgan fingerprint density at radius 1 is 1.33 bits per heavy atom. The van der Waals surface area contributed by atoms with E-state index < -0.39 is 5.54 Å². The van der Waals surface area contributed by atoms with Gasteiger partial charge in [0.15, 0.2) is 0 Å². The van der Waals surface area contributed by atoms with Crippen molar-refractivity contribution in [3.05, 3.63) is 42.1 Å². The van der Waals surface area contributed by atoms with Gasteiger partial charge in [-0.3, -0.25) is 4.79 Å². The van der Waals surface area contributed by atoms with E-state index in [0.717, 1.165) is 30.6 Å². The molecule has 2 aromatic rings. The molecular formula is C18H27N5O. The molecule has 1 aromatic carbocycles. The molecule has 0 radical (unpaired) electrons. The minimum Gasteiger partial charge on any atom is -0.384 e. The fourth-order valence-electron chi connectivity index (χ4n) is 2.65. The van der Waals surface area contributed by atoms with E-state index in [9.17, 15) is 4.79 Å². The van der Waals surface area contributed by atoms with Gasteiger partial charge in [-0.2, -0.15) is 5.10 Å². The highest BCUT2D eigenvalue weighted by Crippen LogP contribution is 2.15. The van der Waals surface area contributed by atoms with E-state index in [1.807, 2.05) is 43.3 Å². The Hall–Kier alpha value is -2.34. The number of carbonyl (C=O) groups excluding carboxylic acids is 1. The second-order valence-electron chi connectivity index (χ2n) is 6.33. The molecular weight excluding hydrogens is 302 g/mol. The van der Waals surface area contributed by atoms with Gasteiger partial charge in [0.05, 0.1) is 16.9 Å². The smallest absolute Gasteiger partial charge is 0.239 e. The number of hydrogen-bond donors (Lipinski definition) is 3. The lowest BCUT2D eigenvalue weighted by atomic mass is 9.96. The number of amides is 1. The van der Waals surface area contributed by atoms with Crippen LogP contribution in [0.5, 0.6) is 0 Å². The minimum atomic E-state index is -0.798. The first kappa shape index (κ1) is 18.0. The van der Waals surface area contributed by atoms with E-state index in [1.54, 1.807) is 11.6 Å². The van der Waals surface area contributed by atoms with Gasteiger partial charge in [0.25, 0.3) is 0 Å². The number of para-hydroxylation sites is 1. The van der Waals surface area contributed by atoms with Crippen molar-refractivity contribution in [1.29, 1.82) is 0 Å². The number of nitrogens with two attached hydrogens (primary N) is 2. The number of nitrogens with one attached hydrogen (secondary N) is 1. The molecule has 5 N–H and O–H groups in total. The summed E-state index contributed by atoms with van der Waals surface area (Å²) < 4.78 is 1.73. The highest BCUT2D eigenvalue weighted by Gasteiger charge is 2.26. The molecule has 1 aromatic heterocycles. The third-order valence-corrected chi connectivity index (χ3v) is 3.97. The predicted octanol–water partition coefficient (Wildman–Crippen LogP) is 2.02. The highest BCUT2D eigenvalue weighted by molar-refractivity contribution is 5.85. The maximum Gasteiger partial charge on any atom is 0.239 e. The minimum absolute atomic E-state index is 0.0984. The van der Waals surface area contributed by atoms with Crippen molar-refractivity contribution in [1.82, 2.24) is 15.1 Å². The summed E-state index contributed by atoms with van der Waals surface area (Å²) in [5, 5.41) is 7.43. The standard InChI is InChI=1S/C18H27N5O/c1-3-11-18(2,20)17(24)21-12-7-8-14-13-16(19)23(22-14)15-9-5-4-6-10-15/h4-6,9-10,13H,3,7-8,11-12,19-20H2,1-2H3,(H,21,24). The molecule has 6 heteroatoms. The Labute approximate surface area is 143 Å². The average molecular weight is 329 g/mol. The Morgan fingerprint density at radius 2 is 2.04 bits per heavy atom. The molecule has 1 heterocycles. The van der Waals surface area contributed by atoms with Gasteiger partial charge in [0.1, 0.15) is 5.82 Å². The summed E-state index contributed by atoms with van der Waals surface area (Å²) in [4.78, 5) is 12.0. The van der Waals surface area contributed by atoms with E-state index in [-0.39, 0.29) is 5.91 Å². The number of aryl methyl sites for hydroxylation is 1. The molecule has 6 nitrogen and oxygen atoms in total. The van der Waals surface area contributed by atoms with Crippen LogP contribution in [0.4, 0.5) is 5.82 Å². The quantitative estimate of drug-likeness (QED) is 0.645. The molecule has 0 saturated carbocycles. The predicted molar refractivity (Wildman–Crippen MR) is 96.8 cm³/mol. The number of rotatable bonds is 8. The molecule has 0 spiro atoms. The van der Waals surface area contributed by atoms with Crippen molar-refractivity contribution < 1.29 is 4.79 Å². The van der Waals surface area contributed by atoms with Gasteiger partial charge >= 0.3 is 0 Å². The summed E-state index contributed by atoms with van der Waals surface area (Å²) in [6, 6.07) is 11.7. The third-order valence-electron chi connectivity index (χ3n) is 3.97. The van der Waals surface area contributed by atoms with Crippen molar-refractivity contribution >= 4 is 11.7 Å². The van der Waals surface area contributed by atoms with Gasteiger partial charge in [-0.05, 0) is 38.3 Å². The molecule has 0 bridgehead atoms. The van der Waals surface area contributed by atoms with Crippen molar-refractivity contribution in [2.75, 3.05) is 12.3 Å². The Kier molecular flexibility index (Phi) is 5.98. The van der Waals surface area contributed by atoms with Crippen molar-refractivity contribution in [3.63, 3.8) is 0 Å². The third kappa shape index (κ3) is 4.58. The zero-order valence-electron chi connectivity index (χ0n) is 14.5. The first-order valence-corrected chi connectivity index (χ1v) is 8.41. The maximum atomic E-state index is 12.0. The van der Waals surface area contributed by atoms with Crippen LogP contribution in [0.1, 0.15) is 38.8 Å². The fourth-order valence-corrected chi connectivity index (χ4v) is 2.65. The van der Waals surface area contributed by atoms with Crippen LogP contribution in [-0.2, 0) is 11.2 Å². The number of anilines is 1. The number of benzene rings is 1. The molecule has 130 valence electrons. The van der Waals surface area contributed by atoms with Gasteiger partial charge < -0.3 is 16.8 Å². The second-order valence-corrected chi connectivity index (χ2v) is 6.33. The molecule has 0 saturated heterocycles. The van der Waals surface area contributed by atoms with E-state index in [2.05, 4.69) is 10.4 Å². The van der Waals surface area contributed by atoms with Crippen LogP contribution >= 0.6 is 0 Å². The fraction of sp³-hybridized carbons (Fsp3) is 0.444. The van der Waals surface area contributed by atoms with Gasteiger partial charge in [-0.15, -0.1) is 0 Å². The molecule has 0 fully saturated rings. The summed E-state index contributed by atoms with van der Waals surface area (Å²) in [6.45, 7) is 4.37. The number of aromatic nitrogens is 2. The largest absolute Gasteiger partial charge is 0.384 e. The Balaban J connectivity index is 1.85. The van der Waals surface area contributed by atoms with Gasteiger partial charge in [0.2, 0.25) is 5.91 Å². The van der Waals surface area contributed by atoms with Crippen molar-refractivity contribution in [2.45, 2.75) is 45.1 Å². The van der Waals surface area contributed by atoms with Crippen LogP contribution in [0, 0.1) is 0 Å². The molecule has 24 heavy (non-hydrogen) atoms. The van der Waals surface area contributed by atoms with Gasteiger partial charge in [-0.25, -0.2) is 4.68 Å². The van der Waals surface area contributed by atoms with E-state index in [4.69, 9.17) is 11.5 Å². The van der Waals surface area contributed by atoms with Crippen LogP contribution in [0.15, 0.2) is 36.4 Å². The lowest BCUT2D eigenvalue weighted by Crippen LogP contribution is -2.51. The van der Waals surface area contributed by atoms with Crippen LogP contribution in [0.25, 0.3) is 5.69 Å². The Bertz CT molecular complexity index is 663. The molecule has 0 aliphatic heterocycles. The van der Waals surface area contributed by atoms with Gasteiger partial charge in [-0.1, -0.05) is 31.5 Å². The topological polar surface area (TPSA) is 99.0 Å². The molecule has 0 aliphatic carbocycles. The van der Waals surface area contributed by atoms with Crippen molar-refractivity contribution in [2.24, 2.45) is 5.73 Å². The average Bonchev–Trinajstić information content (AvgIpc) is 2.93. The van der Waals surface area contributed by atoms with Crippen LogP contribution in [-0.4, -0.2) is 27.8 Å². The summed E-state index contributed by atoms with van der Waals surface area (Å²) >= 11 is 0. The number of carbonyl (C=O) groups is 1. The first-order chi connectivity index (χ1) is 11.4. The van der Waals surface area contributed by atoms with E-state index >= 15 is 0 Å². The zero-order chi connectivity index (χ0) is 17.6. The number of nitrogen functional groups attached to an aromatic ring is 1. The van der Waals surface area contributed by atoms with Gasteiger partial charge in [0, 0.05) is 12.6 Å². The molecule has 1 atom stereocenters. The Morgan fingerprint density at radius 3 is 2.71 bits per heavy atom. The lowest BCUT2D eigenvalue weighted by Gasteiger charge is -2.22. The molecule has 1 unspecified atom stereocenters. The number of nitrogens with zero attached hydrogens (tertiary/aromatic N) is 2. The van der Waals surface area contributed by atoms with Crippen molar-refractivity contribution in [3.8, 4) is 5.69 Å². The summed E-state index contributed by atoms with van der Waals surface area (Å²) in [5.74, 6) is 0.511. The molecule has 1 amide bonds. The SMILES string of the molecule is CCCC(C)(N)C(=O)NCCCc1cc(N)n(-c2ccccc2)n1. The monoisotopic (exact) mass is 329 g/mol. The van der Waals surface area contributed by atoms with Crippen LogP contribution < -0.4 is 16.8 Å². The van der Waals surface area contributed by atoms with E-state index in [1.165, 1.54) is 0 Å². The molecule has 2 rings (SSSR count). The normalized spacial score (nSPS) is 13.5. The lowest BCUT2D eigenvalue weighted by molar-refractivity contribution is -0.126. The summed E-state index contributed by atoms with van der Waals surface area (Å²) in [7, 11) is 0. The first-order valence-electron chi connectivity index (χ1n) is 8.41. The summed E-state index contributed by atoms with van der Waals surface area (Å²) in [6.07, 6.45) is 3.10. The van der Waals surface area contributed by atoms with Crippen LogP contribution in [0.2, 0.25) is 0 Å².